The Bertz CT molecular complexity index is 275. The molecule has 0 radical (unpaired) electrons. The van der Waals surface area contributed by atoms with Crippen molar-refractivity contribution in [1.29, 1.82) is 0 Å². The van der Waals surface area contributed by atoms with Crippen molar-refractivity contribution < 1.29 is 0 Å². The fraction of sp³-hybridized carbons (Fsp3) is 1.00. The summed E-state index contributed by atoms with van der Waals surface area (Å²) in [4.78, 5) is 2.94. The Labute approximate surface area is 119 Å². The first-order valence-corrected chi connectivity index (χ1v) is 8.84. The van der Waals surface area contributed by atoms with E-state index < -0.39 is 0 Å². The summed E-state index contributed by atoms with van der Waals surface area (Å²) in [6.45, 7) is 4.96. The minimum absolute atomic E-state index is 0.498. The monoisotopic (exact) mass is 264 g/mol. The zero-order valence-corrected chi connectivity index (χ0v) is 12.8. The molecule has 1 spiro atoms. The summed E-state index contributed by atoms with van der Waals surface area (Å²) >= 11 is 0. The van der Waals surface area contributed by atoms with Crippen molar-refractivity contribution in [2.75, 3.05) is 13.1 Å². The van der Waals surface area contributed by atoms with Crippen molar-refractivity contribution in [2.45, 2.75) is 95.2 Å². The molecule has 2 saturated carbocycles. The van der Waals surface area contributed by atoms with Crippen LogP contribution in [0.3, 0.4) is 0 Å². The van der Waals surface area contributed by atoms with Crippen LogP contribution in [0, 0.1) is 0 Å². The Hall–Kier alpha value is -0.0800. The summed E-state index contributed by atoms with van der Waals surface area (Å²) in [5.74, 6) is 0. The van der Waals surface area contributed by atoms with Crippen molar-refractivity contribution in [2.24, 2.45) is 0 Å². The van der Waals surface area contributed by atoms with Gasteiger partial charge in [0.1, 0.15) is 0 Å². The normalized spacial score (nSPS) is 33.6. The van der Waals surface area contributed by atoms with E-state index >= 15 is 0 Å². The molecule has 2 aliphatic carbocycles. The predicted molar refractivity (Wildman–Crippen MR) is 81.5 cm³/mol. The third kappa shape index (κ3) is 3.00. The third-order valence-corrected chi connectivity index (χ3v) is 5.99. The van der Waals surface area contributed by atoms with Gasteiger partial charge in [0.2, 0.25) is 0 Å². The highest BCUT2D eigenvalue weighted by Gasteiger charge is 2.42. The van der Waals surface area contributed by atoms with E-state index in [1.54, 1.807) is 0 Å². The molecule has 3 fully saturated rings. The van der Waals surface area contributed by atoms with E-state index in [4.69, 9.17) is 0 Å². The molecule has 110 valence electrons. The highest BCUT2D eigenvalue weighted by Crippen LogP contribution is 2.36. The average molecular weight is 264 g/mol. The third-order valence-electron chi connectivity index (χ3n) is 5.99. The lowest BCUT2D eigenvalue weighted by atomic mass is 9.89. The van der Waals surface area contributed by atoms with Crippen LogP contribution >= 0.6 is 0 Å². The first-order chi connectivity index (χ1) is 9.33. The quantitative estimate of drug-likeness (QED) is 0.765. The number of hydrogen-bond donors (Lipinski definition) is 1. The van der Waals surface area contributed by atoms with Gasteiger partial charge in [-0.05, 0) is 32.1 Å². The number of hydrogen-bond acceptors (Lipinski definition) is 2. The molecule has 1 heterocycles. The molecule has 3 aliphatic rings. The minimum Gasteiger partial charge on any atom is -0.308 e. The second kappa shape index (κ2) is 6.13. The van der Waals surface area contributed by atoms with Crippen molar-refractivity contribution >= 4 is 0 Å². The maximum atomic E-state index is 3.94. The van der Waals surface area contributed by atoms with E-state index in [0.29, 0.717) is 5.54 Å². The van der Waals surface area contributed by atoms with Crippen LogP contribution in [0.1, 0.15) is 77.6 Å². The predicted octanol–water partition coefficient (Wildman–Crippen LogP) is 3.71. The van der Waals surface area contributed by atoms with Gasteiger partial charge in [-0.3, -0.25) is 4.90 Å². The molecule has 1 unspecified atom stereocenters. The Balaban J connectivity index is 1.70. The van der Waals surface area contributed by atoms with Gasteiger partial charge in [0.05, 0.1) is 0 Å². The van der Waals surface area contributed by atoms with E-state index in [1.165, 1.54) is 83.7 Å². The van der Waals surface area contributed by atoms with E-state index in [9.17, 15) is 0 Å². The average Bonchev–Trinajstić information content (AvgIpc) is 2.73. The number of nitrogens with one attached hydrogen (secondary N) is 1. The second-order valence-corrected chi connectivity index (χ2v) is 7.25. The molecule has 1 N–H and O–H groups in total. The van der Waals surface area contributed by atoms with Crippen LogP contribution in [-0.4, -0.2) is 35.6 Å². The zero-order valence-electron chi connectivity index (χ0n) is 12.8. The SMILES string of the molecule is CCC1CNC2(CCCC2)CN1C1CCCCCC1. The van der Waals surface area contributed by atoms with Crippen LogP contribution in [-0.2, 0) is 0 Å². The van der Waals surface area contributed by atoms with Crippen molar-refractivity contribution in [1.82, 2.24) is 10.2 Å². The Morgan fingerprint density at radius 1 is 1.00 bits per heavy atom. The van der Waals surface area contributed by atoms with Gasteiger partial charge in [-0.15, -0.1) is 0 Å². The molecule has 0 aromatic carbocycles. The Morgan fingerprint density at radius 3 is 2.32 bits per heavy atom. The molecule has 1 aliphatic heterocycles. The lowest BCUT2D eigenvalue weighted by Gasteiger charge is -2.49. The molecule has 3 rings (SSSR count). The number of nitrogens with zero attached hydrogens (tertiary/aromatic N) is 1. The van der Waals surface area contributed by atoms with Crippen LogP contribution in [0.4, 0.5) is 0 Å². The topological polar surface area (TPSA) is 15.3 Å². The summed E-state index contributed by atoms with van der Waals surface area (Å²) in [6, 6.07) is 1.70. The highest BCUT2D eigenvalue weighted by atomic mass is 15.3. The zero-order chi connectivity index (χ0) is 13.1. The molecule has 0 amide bonds. The van der Waals surface area contributed by atoms with Gasteiger partial charge in [-0.1, -0.05) is 45.4 Å². The molecule has 19 heavy (non-hydrogen) atoms. The van der Waals surface area contributed by atoms with E-state index in [0.717, 1.165) is 12.1 Å². The van der Waals surface area contributed by atoms with E-state index in [1.807, 2.05) is 0 Å². The first-order valence-electron chi connectivity index (χ1n) is 8.84. The lowest BCUT2D eigenvalue weighted by Crippen LogP contribution is -2.65. The number of rotatable bonds is 2. The van der Waals surface area contributed by atoms with Crippen LogP contribution in [0.5, 0.6) is 0 Å². The summed E-state index contributed by atoms with van der Waals surface area (Å²) in [5, 5.41) is 3.94. The summed E-state index contributed by atoms with van der Waals surface area (Å²) < 4.78 is 0. The second-order valence-electron chi connectivity index (χ2n) is 7.25. The van der Waals surface area contributed by atoms with Crippen LogP contribution in [0.15, 0.2) is 0 Å². The highest BCUT2D eigenvalue weighted by molar-refractivity contribution is 5.02. The fourth-order valence-electron chi connectivity index (χ4n) is 4.77. The molecule has 0 aromatic rings. The lowest BCUT2D eigenvalue weighted by molar-refractivity contribution is 0.0348. The van der Waals surface area contributed by atoms with Crippen LogP contribution < -0.4 is 5.32 Å². The van der Waals surface area contributed by atoms with Gasteiger partial charge >= 0.3 is 0 Å². The van der Waals surface area contributed by atoms with Crippen molar-refractivity contribution in [3.05, 3.63) is 0 Å². The Kier molecular flexibility index (Phi) is 4.48. The molecule has 0 bridgehead atoms. The smallest absolute Gasteiger partial charge is 0.0309 e. The summed E-state index contributed by atoms with van der Waals surface area (Å²) in [6.07, 6.45) is 15.9. The van der Waals surface area contributed by atoms with Gasteiger partial charge in [0.25, 0.3) is 0 Å². The van der Waals surface area contributed by atoms with Crippen molar-refractivity contribution in [3.8, 4) is 0 Å². The molecular weight excluding hydrogens is 232 g/mol. The summed E-state index contributed by atoms with van der Waals surface area (Å²) in [7, 11) is 0. The van der Waals surface area contributed by atoms with Gasteiger partial charge < -0.3 is 5.32 Å². The molecule has 0 aromatic heterocycles. The van der Waals surface area contributed by atoms with Gasteiger partial charge in [0.15, 0.2) is 0 Å². The maximum absolute atomic E-state index is 3.94. The van der Waals surface area contributed by atoms with Gasteiger partial charge in [-0.2, -0.15) is 0 Å². The standard InChI is InChI=1S/C17H32N2/c1-2-15-13-18-17(11-7-8-12-17)14-19(15)16-9-5-3-4-6-10-16/h15-16,18H,2-14H2,1H3. The number of piperazine rings is 1. The first kappa shape index (κ1) is 13.9. The van der Waals surface area contributed by atoms with Crippen LogP contribution in [0.2, 0.25) is 0 Å². The fourth-order valence-corrected chi connectivity index (χ4v) is 4.77. The molecule has 2 heteroatoms. The molecular formula is C17H32N2. The molecule has 1 saturated heterocycles. The van der Waals surface area contributed by atoms with E-state index in [2.05, 4.69) is 17.1 Å². The Morgan fingerprint density at radius 2 is 1.68 bits per heavy atom. The largest absolute Gasteiger partial charge is 0.308 e. The maximum Gasteiger partial charge on any atom is 0.0309 e. The minimum atomic E-state index is 0.498. The van der Waals surface area contributed by atoms with Crippen LogP contribution in [0.25, 0.3) is 0 Å². The summed E-state index contributed by atoms with van der Waals surface area (Å²) in [5.41, 5.74) is 0.498. The van der Waals surface area contributed by atoms with E-state index in [-0.39, 0.29) is 0 Å². The molecule has 1 atom stereocenters. The molecule has 2 nitrogen and oxygen atoms in total. The van der Waals surface area contributed by atoms with Gasteiger partial charge in [0, 0.05) is 30.7 Å². The van der Waals surface area contributed by atoms with Gasteiger partial charge in [-0.25, -0.2) is 0 Å². The van der Waals surface area contributed by atoms with Crippen molar-refractivity contribution in [3.63, 3.8) is 0 Å².